The summed E-state index contributed by atoms with van der Waals surface area (Å²) in [5, 5.41) is 16.4. The van der Waals surface area contributed by atoms with E-state index in [9.17, 15) is 0 Å². The third-order valence-corrected chi connectivity index (χ3v) is 4.03. The molecule has 7 nitrogen and oxygen atoms in total. The maximum absolute atomic E-state index is 6.09. The molecule has 0 atom stereocenters. The highest BCUT2D eigenvalue weighted by molar-refractivity contribution is 6.10. The van der Waals surface area contributed by atoms with Gasteiger partial charge in [-0.1, -0.05) is 12.1 Å². The quantitative estimate of drug-likeness (QED) is 0.459. The number of nitrogens with two attached hydrogens (primary N) is 2. The molecule has 0 fully saturated rings. The third kappa shape index (κ3) is 2.22. The second-order valence-corrected chi connectivity index (χ2v) is 5.52. The monoisotopic (exact) mass is 307 g/mol. The first kappa shape index (κ1) is 13.7. The minimum Gasteiger partial charge on any atom is -0.382 e. The fourth-order valence-electron chi connectivity index (χ4n) is 2.92. The number of pyridine rings is 1. The van der Waals surface area contributed by atoms with Crippen molar-refractivity contribution in [1.29, 1.82) is 0 Å². The summed E-state index contributed by atoms with van der Waals surface area (Å²) in [6, 6.07) is 8.04. The summed E-state index contributed by atoms with van der Waals surface area (Å²) in [6.07, 6.45) is 3.46. The van der Waals surface area contributed by atoms with Crippen LogP contribution < -0.4 is 11.5 Å². The molecule has 3 heterocycles. The SMILES string of the molecule is NCCCc1[nH]nc2c(N)nc3cc(-c4ccn[nH]4)ccc3c12. The lowest BCUT2D eigenvalue weighted by atomic mass is 10.0. The van der Waals surface area contributed by atoms with Crippen molar-refractivity contribution < 1.29 is 0 Å². The molecule has 0 aliphatic heterocycles. The molecular weight excluding hydrogens is 290 g/mol. The Morgan fingerprint density at radius 1 is 1.13 bits per heavy atom. The molecule has 23 heavy (non-hydrogen) atoms. The molecule has 0 unspecified atom stereocenters. The van der Waals surface area contributed by atoms with Crippen LogP contribution in [0.25, 0.3) is 33.1 Å². The molecule has 0 aliphatic carbocycles. The molecule has 3 aromatic heterocycles. The van der Waals surface area contributed by atoms with Crippen LogP contribution >= 0.6 is 0 Å². The van der Waals surface area contributed by atoms with E-state index in [1.54, 1.807) is 6.20 Å². The van der Waals surface area contributed by atoms with Gasteiger partial charge in [-0.3, -0.25) is 10.2 Å². The molecule has 0 saturated heterocycles. The van der Waals surface area contributed by atoms with Gasteiger partial charge in [0.25, 0.3) is 0 Å². The molecule has 6 N–H and O–H groups in total. The van der Waals surface area contributed by atoms with Crippen molar-refractivity contribution in [3.05, 3.63) is 36.2 Å². The second kappa shape index (κ2) is 5.36. The zero-order chi connectivity index (χ0) is 15.8. The predicted octanol–water partition coefficient (Wildman–Crippen LogP) is 1.97. The van der Waals surface area contributed by atoms with Crippen LogP contribution in [0.3, 0.4) is 0 Å². The average Bonchev–Trinajstić information content (AvgIpc) is 3.22. The maximum Gasteiger partial charge on any atom is 0.152 e. The highest BCUT2D eigenvalue weighted by Crippen LogP contribution is 2.31. The van der Waals surface area contributed by atoms with Crippen LogP contribution in [-0.2, 0) is 6.42 Å². The zero-order valence-electron chi connectivity index (χ0n) is 12.5. The van der Waals surface area contributed by atoms with Crippen molar-refractivity contribution in [1.82, 2.24) is 25.4 Å². The molecule has 0 aliphatic rings. The number of nitrogen functional groups attached to an aromatic ring is 1. The van der Waals surface area contributed by atoms with Crippen molar-refractivity contribution in [2.75, 3.05) is 12.3 Å². The zero-order valence-corrected chi connectivity index (χ0v) is 12.5. The van der Waals surface area contributed by atoms with Crippen LogP contribution in [0.2, 0.25) is 0 Å². The highest BCUT2D eigenvalue weighted by atomic mass is 15.1. The van der Waals surface area contributed by atoms with Crippen LogP contribution in [0, 0.1) is 0 Å². The molecular formula is C16H17N7. The largest absolute Gasteiger partial charge is 0.382 e. The fourth-order valence-corrected chi connectivity index (χ4v) is 2.92. The number of aromatic amines is 2. The van der Waals surface area contributed by atoms with Gasteiger partial charge in [-0.2, -0.15) is 10.2 Å². The number of nitrogens with zero attached hydrogens (tertiary/aromatic N) is 3. The van der Waals surface area contributed by atoms with Gasteiger partial charge in [-0.05, 0) is 31.5 Å². The number of aromatic nitrogens is 5. The summed E-state index contributed by atoms with van der Waals surface area (Å²) in [4.78, 5) is 4.50. The van der Waals surface area contributed by atoms with Gasteiger partial charge in [0.2, 0.25) is 0 Å². The van der Waals surface area contributed by atoms with Crippen LogP contribution in [0.1, 0.15) is 12.1 Å². The Hall–Kier alpha value is -2.93. The molecule has 0 bridgehead atoms. The lowest BCUT2D eigenvalue weighted by molar-refractivity contribution is 0.808. The second-order valence-electron chi connectivity index (χ2n) is 5.52. The van der Waals surface area contributed by atoms with Crippen molar-refractivity contribution >= 4 is 27.6 Å². The molecule has 0 saturated carbocycles. The molecule has 4 rings (SSSR count). The number of nitrogens with one attached hydrogen (secondary N) is 2. The smallest absolute Gasteiger partial charge is 0.152 e. The van der Waals surface area contributed by atoms with E-state index < -0.39 is 0 Å². The van der Waals surface area contributed by atoms with Gasteiger partial charge in [0.05, 0.1) is 11.2 Å². The van der Waals surface area contributed by atoms with Crippen molar-refractivity contribution in [3.8, 4) is 11.3 Å². The predicted molar refractivity (Wildman–Crippen MR) is 90.8 cm³/mol. The van der Waals surface area contributed by atoms with Gasteiger partial charge in [-0.25, -0.2) is 4.98 Å². The van der Waals surface area contributed by atoms with Crippen LogP contribution in [0.5, 0.6) is 0 Å². The van der Waals surface area contributed by atoms with E-state index >= 15 is 0 Å². The number of aryl methyl sites for hydroxylation is 1. The summed E-state index contributed by atoms with van der Waals surface area (Å²) in [5.41, 5.74) is 16.3. The molecule has 0 radical (unpaired) electrons. The van der Waals surface area contributed by atoms with Crippen molar-refractivity contribution in [3.63, 3.8) is 0 Å². The van der Waals surface area contributed by atoms with E-state index in [2.05, 4.69) is 31.4 Å². The van der Waals surface area contributed by atoms with E-state index in [1.165, 1.54) is 0 Å². The van der Waals surface area contributed by atoms with Crippen LogP contribution in [0.15, 0.2) is 30.5 Å². The van der Waals surface area contributed by atoms with Gasteiger partial charge < -0.3 is 11.5 Å². The minimum atomic E-state index is 0.435. The maximum atomic E-state index is 6.09. The van der Waals surface area contributed by atoms with E-state index in [1.807, 2.05) is 18.2 Å². The molecule has 4 aromatic rings. The van der Waals surface area contributed by atoms with Gasteiger partial charge >= 0.3 is 0 Å². The van der Waals surface area contributed by atoms with E-state index in [-0.39, 0.29) is 0 Å². The molecule has 0 spiro atoms. The Balaban J connectivity index is 1.95. The Morgan fingerprint density at radius 2 is 2.04 bits per heavy atom. The number of hydrogen-bond acceptors (Lipinski definition) is 5. The third-order valence-electron chi connectivity index (χ3n) is 4.03. The summed E-state index contributed by atoms with van der Waals surface area (Å²) >= 11 is 0. The number of H-pyrrole nitrogens is 2. The Kier molecular flexibility index (Phi) is 3.20. The summed E-state index contributed by atoms with van der Waals surface area (Å²) in [7, 11) is 0. The van der Waals surface area contributed by atoms with Crippen LogP contribution in [0.4, 0.5) is 5.82 Å². The van der Waals surface area contributed by atoms with Gasteiger partial charge in [-0.15, -0.1) is 0 Å². The van der Waals surface area contributed by atoms with Gasteiger partial charge in [0, 0.05) is 28.2 Å². The first-order valence-corrected chi connectivity index (χ1v) is 7.54. The van der Waals surface area contributed by atoms with Gasteiger partial charge in [0.1, 0.15) is 5.52 Å². The average molecular weight is 307 g/mol. The van der Waals surface area contributed by atoms with E-state index in [0.717, 1.165) is 51.6 Å². The van der Waals surface area contributed by atoms with Crippen LogP contribution in [-0.4, -0.2) is 31.9 Å². The Morgan fingerprint density at radius 3 is 2.83 bits per heavy atom. The number of anilines is 1. The summed E-state index contributed by atoms with van der Waals surface area (Å²) in [5.74, 6) is 0.435. The number of hydrogen-bond donors (Lipinski definition) is 4. The Labute approximate surface area is 132 Å². The minimum absolute atomic E-state index is 0.435. The molecule has 7 heteroatoms. The van der Waals surface area contributed by atoms with E-state index in [4.69, 9.17) is 11.5 Å². The number of benzene rings is 1. The topological polar surface area (TPSA) is 122 Å². The summed E-state index contributed by atoms with van der Waals surface area (Å²) < 4.78 is 0. The lowest BCUT2D eigenvalue weighted by Crippen LogP contribution is -2.01. The molecule has 0 amide bonds. The molecule has 1 aromatic carbocycles. The fraction of sp³-hybridized carbons (Fsp3) is 0.188. The standard InChI is InChI=1S/C16H17N7/c17-6-1-2-12-14-10-4-3-9(11-5-7-19-21-11)8-13(10)20-16(18)15(14)23-22-12/h3-5,7-8H,1-2,6,17H2,(H2,18,20)(H,19,21)(H,22,23). The first-order chi connectivity index (χ1) is 11.3. The lowest BCUT2D eigenvalue weighted by Gasteiger charge is -2.06. The van der Waals surface area contributed by atoms with E-state index in [0.29, 0.717) is 12.4 Å². The first-order valence-electron chi connectivity index (χ1n) is 7.54. The highest BCUT2D eigenvalue weighted by Gasteiger charge is 2.14. The molecule has 116 valence electrons. The summed E-state index contributed by atoms with van der Waals surface area (Å²) in [6.45, 7) is 0.642. The van der Waals surface area contributed by atoms with Gasteiger partial charge in [0.15, 0.2) is 5.82 Å². The number of fused-ring (bicyclic) bond motifs is 3. The number of rotatable bonds is 4. The Bertz CT molecular complexity index is 969. The van der Waals surface area contributed by atoms with Crippen molar-refractivity contribution in [2.45, 2.75) is 12.8 Å². The normalized spacial score (nSPS) is 11.5. The van der Waals surface area contributed by atoms with Crippen molar-refractivity contribution in [2.24, 2.45) is 5.73 Å².